The molecule has 138 valence electrons. The number of halogens is 1. The topological polar surface area (TPSA) is 42.5 Å². The summed E-state index contributed by atoms with van der Waals surface area (Å²) in [4.78, 5) is 0. The molecule has 2 N–H and O–H groups in total. The van der Waals surface area contributed by atoms with Gasteiger partial charge in [-0.3, -0.25) is 0 Å². The Hall–Kier alpha value is -1.79. The smallest absolute Gasteiger partial charge is 0.171 e. The maximum absolute atomic E-state index is 6.13. The van der Waals surface area contributed by atoms with E-state index in [1.165, 1.54) is 0 Å². The van der Waals surface area contributed by atoms with Crippen LogP contribution in [0.5, 0.6) is 11.5 Å². The van der Waals surface area contributed by atoms with Gasteiger partial charge in [0, 0.05) is 28.2 Å². The molecule has 0 saturated heterocycles. The van der Waals surface area contributed by atoms with E-state index in [0.29, 0.717) is 5.11 Å². The Bertz CT molecular complexity index is 839. The van der Waals surface area contributed by atoms with Crippen LogP contribution >= 0.6 is 28.1 Å². The van der Waals surface area contributed by atoms with Gasteiger partial charge in [-0.25, -0.2) is 0 Å². The van der Waals surface area contributed by atoms with Crippen LogP contribution in [0.2, 0.25) is 0 Å². The average Bonchev–Trinajstić information content (AvgIpc) is 2.56. The van der Waals surface area contributed by atoms with Crippen LogP contribution in [0.1, 0.15) is 37.4 Å². The van der Waals surface area contributed by atoms with Gasteiger partial charge < -0.3 is 20.1 Å². The summed E-state index contributed by atoms with van der Waals surface area (Å²) in [6, 6.07) is 12.1. The Morgan fingerprint density at radius 1 is 1.27 bits per heavy atom. The normalized spacial score (nSPS) is 17.7. The molecule has 0 bridgehead atoms. The van der Waals surface area contributed by atoms with Crippen molar-refractivity contribution in [2.75, 3.05) is 12.4 Å². The van der Waals surface area contributed by atoms with Crippen molar-refractivity contribution in [1.82, 2.24) is 5.32 Å². The van der Waals surface area contributed by atoms with Gasteiger partial charge >= 0.3 is 0 Å². The van der Waals surface area contributed by atoms with E-state index in [4.69, 9.17) is 21.7 Å². The van der Waals surface area contributed by atoms with Gasteiger partial charge in [0.15, 0.2) is 5.11 Å². The summed E-state index contributed by atoms with van der Waals surface area (Å²) in [5.74, 6) is 1.62. The molecule has 1 aliphatic heterocycles. The van der Waals surface area contributed by atoms with Crippen molar-refractivity contribution in [1.29, 1.82) is 0 Å². The third-order valence-corrected chi connectivity index (χ3v) is 5.51. The fraction of sp³-hybridized carbons (Fsp3) is 0.350. The Morgan fingerprint density at radius 2 is 2.04 bits per heavy atom. The molecule has 1 atom stereocenters. The van der Waals surface area contributed by atoms with Crippen LogP contribution in [-0.4, -0.2) is 17.8 Å². The number of aryl methyl sites for hydroxylation is 1. The van der Waals surface area contributed by atoms with Crippen molar-refractivity contribution in [3.8, 4) is 11.5 Å². The predicted octanol–water partition coefficient (Wildman–Crippen LogP) is 5.35. The van der Waals surface area contributed by atoms with Crippen LogP contribution in [0.3, 0.4) is 0 Å². The standard InChI is InChI=1S/C20H23BrN2O2S/c1-12-9-13(5-8-16(12)21)22-19(26)23-17-11-20(2,3)25-18-10-14(24-4)6-7-15(17)18/h5-10,17H,11H2,1-4H3,(H2,22,23,26)/t17-/m1/s1. The number of thiocarbonyl (C=S) groups is 1. The summed E-state index contributed by atoms with van der Waals surface area (Å²) in [7, 11) is 1.66. The van der Waals surface area contributed by atoms with Gasteiger partial charge in [0.2, 0.25) is 0 Å². The number of rotatable bonds is 3. The summed E-state index contributed by atoms with van der Waals surface area (Å²) >= 11 is 9.06. The summed E-state index contributed by atoms with van der Waals surface area (Å²) in [6.45, 7) is 6.22. The molecule has 4 nitrogen and oxygen atoms in total. The number of ether oxygens (including phenoxy) is 2. The number of fused-ring (bicyclic) bond motifs is 1. The summed E-state index contributed by atoms with van der Waals surface area (Å²) in [5, 5.41) is 7.30. The van der Waals surface area contributed by atoms with Crippen LogP contribution in [0.4, 0.5) is 5.69 Å². The second kappa shape index (κ2) is 7.45. The molecule has 0 aliphatic carbocycles. The number of methoxy groups -OCH3 is 1. The van der Waals surface area contributed by atoms with Gasteiger partial charge in [0.05, 0.1) is 13.2 Å². The Kier molecular flexibility index (Phi) is 5.44. The van der Waals surface area contributed by atoms with Gasteiger partial charge in [0.1, 0.15) is 17.1 Å². The van der Waals surface area contributed by atoms with Crippen molar-refractivity contribution in [3.63, 3.8) is 0 Å². The maximum atomic E-state index is 6.13. The van der Waals surface area contributed by atoms with Crippen LogP contribution in [0.25, 0.3) is 0 Å². The number of anilines is 1. The van der Waals surface area contributed by atoms with Crippen LogP contribution in [0.15, 0.2) is 40.9 Å². The molecular weight excluding hydrogens is 412 g/mol. The highest BCUT2D eigenvalue weighted by Gasteiger charge is 2.34. The van der Waals surface area contributed by atoms with E-state index in [9.17, 15) is 0 Å². The minimum atomic E-state index is -0.291. The first-order chi connectivity index (χ1) is 12.3. The minimum absolute atomic E-state index is 0.0659. The number of hydrogen-bond acceptors (Lipinski definition) is 3. The Morgan fingerprint density at radius 3 is 2.73 bits per heavy atom. The Labute approximate surface area is 168 Å². The first kappa shape index (κ1) is 19.0. The van der Waals surface area contributed by atoms with Gasteiger partial charge in [-0.15, -0.1) is 0 Å². The van der Waals surface area contributed by atoms with E-state index in [1.807, 2.05) is 30.3 Å². The van der Waals surface area contributed by atoms with E-state index in [1.54, 1.807) is 7.11 Å². The Balaban J connectivity index is 1.78. The third-order valence-electron chi connectivity index (χ3n) is 4.40. The molecule has 0 spiro atoms. The lowest BCUT2D eigenvalue weighted by Gasteiger charge is -2.38. The largest absolute Gasteiger partial charge is 0.497 e. The highest BCUT2D eigenvalue weighted by atomic mass is 79.9. The first-order valence-corrected chi connectivity index (χ1v) is 9.68. The minimum Gasteiger partial charge on any atom is -0.497 e. The number of benzene rings is 2. The number of hydrogen-bond donors (Lipinski definition) is 2. The molecule has 6 heteroatoms. The van der Waals surface area contributed by atoms with Gasteiger partial charge in [0.25, 0.3) is 0 Å². The molecule has 2 aromatic carbocycles. The molecule has 0 amide bonds. The molecule has 0 fully saturated rings. The average molecular weight is 435 g/mol. The predicted molar refractivity (Wildman–Crippen MR) is 113 cm³/mol. The van der Waals surface area contributed by atoms with E-state index in [2.05, 4.69) is 53.4 Å². The highest BCUT2D eigenvalue weighted by Crippen LogP contribution is 2.41. The monoisotopic (exact) mass is 434 g/mol. The van der Waals surface area contributed by atoms with Crippen molar-refractivity contribution in [3.05, 3.63) is 52.0 Å². The summed E-state index contributed by atoms with van der Waals surface area (Å²) in [6.07, 6.45) is 0.813. The lowest BCUT2D eigenvalue weighted by atomic mass is 9.89. The molecular formula is C20H23BrN2O2S. The number of nitrogens with one attached hydrogen (secondary N) is 2. The van der Waals surface area contributed by atoms with Crippen molar-refractivity contribution in [2.45, 2.75) is 38.8 Å². The fourth-order valence-electron chi connectivity index (χ4n) is 3.14. The quantitative estimate of drug-likeness (QED) is 0.636. The third kappa shape index (κ3) is 4.30. The highest BCUT2D eigenvalue weighted by molar-refractivity contribution is 9.10. The lowest BCUT2D eigenvalue weighted by molar-refractivity contribution is 0.0693. The molecule has 3 rings (SSSR count). The molecule has 0 aromatic heterocycles. The molecule has 26 heavy (non-hydrogen) atoms. The van der Waals surface area contributed by atoms with E-state index in [-0.39, 0.29) is 11.6 Å². The van der Waals surface area contributed by atoms with E-state index < -0.39 is 0 Å². The van der Waals surface area contributed by atoms with Gasteiger partial charge in [-0.1, -0.05) is 15.9 Å². The summed E-state index contributed by atoms with van der Waals surface area (Å²) in [5.41, 5.74) is 2.91. The molecule has 0 radical (unpaired) electrons. The molecule has 0 saturated carbocycles. The van der Waals surface area contributed by atoms with Crippen LogP contribution < -0.4 is 20.1 Å². The zero-order valence-electron chi connectivity index (χ0n) is 15.4. The SMILES string of the molecule is COc1ccc2c(c1)OC(C)(C)C[C@H]2NC(=S)Nc1ccc(Br)c(C)c1. The molecule has 1 aliphatic rings. The van der Waals surface area contributed by atoms with Crippen molar-refractivity contribution in [2.24, 2.45) is 0 Å². The second-order valence-electron chi connectivity index (χ2n) is 7.08. The van der Waals surface area contributed by atoms with Crippen molar-refractivity contribution < 1.29 is 9.47 Å². The van der Waals surface area contributed by atoms with Crippen molar-refractivity contribution >= 4 is 38.9 Å². The lowest BCUT2D eigenvalue weighted by Crippen LogP contribution is -2.42. The fourth-order valence-corrected chi connectivity index (χ4v) is 3.64. The molecule has 2 aromatic rings. The van der Waals surface area contributed by atoms with Gasteiger partial charge in [-0.05, 0) is 68.9 Å². The van der Waals surface area contributed by atoms with Gasteiger partial charge in [-0.2, -0.15) is 0 Å². The van der Waals surface area contributed by atoms with E-state index in [0.717, 1.165) is 39.2 Å². The second-order valence-corrected chi connectivity index (χ2v) is 8.35. The van der Waals surface area contributed by atoms with E-state index >= 15 is 0 Å². The zero-order valence-corrected chi connectivity index (χ0v) is 17.8. The molecule has 1 heterocycles. The zero-order chi connectivity index (χ0) is 18.9. The maximum Gasteiger partial charge on any atom is 0.171 e. The van der Waals surface area contributed by atoms with Crippen LogP contribution in [0, 0.1) is 6.92 Å². The first-order valence-electron chi connectivity index (χ1n) is 8.48. The summed E-state index contributed by atoms with van der Waals surface area (Å²) < 4.78 is 12.5. The molecule has 0 unspecified atom stereocenters. The van der Waals surface area contributed by atoms with Crippen LogP contribution in [-0.2, 0) is 0 Å².